The molecule has 2 aromatic carbocycles. The van der Waals surface area contributed by atoms with Crippen LogP contribution >= 0.6 is 0 Å². The minimum Gasteiger partial charge on any atom is -0.507 e. The summed E-state index contributed by atoms with van der Waals surface area (Å²) in [5.41, 5.74) is 4.04. The third kappa shape index (κ3) is 7.05. The molecule has 3 saturated heterocycles. The van der Waals surface area contributed by atoms with Gasteiger partial charge in [0.2, 0.25) is 5.78 Å². The van der Waals surface area contributed by atoms with Crippen LogP contribution in [0.4, 0.5) is 0 Å². The molecular formula is C40H49NO15. The second-order valence-electron chi connectivity index (χ2n) is 15.4. The third-order valence-corrected chi connectivity index (χ3v) is 11.8. The van der Waals surface area contributed by atoms with Crippen molar-refractivity contribution in [3.8, 4) is 11.5 Å². The normalized spacial score (nSPS) is 37.0. The minimum atomic E-state index is -1.77. The maximum atomic E-state index is 13.8. The first-order chi connectivity index (χ1) is 26.6. The van der Waals surface area contributed by atoms with Gasteiger partial charge >= 0.3 is 5.97 Å². The largest absolute Gasteiger partial charge is 0.507 e. The molecule has 0 aromatic heterocycles. The van der Waals surface area contributed by atoms with Crippen molar-refractivity contribution in [1.29, 1.82) is 0 Å². The molecule has 16 heteroatoms. The number of phenolic OH excluding ortho intramolecular Hbond substituents is 2. The van der Waals surface area contributed by atoms with E-state index in [1.807, 2.05) is 0 Å². The van der Waals surface area contributed by atoms with Crippen LogP contribution in [-0.4, -0.2) is 118 Å². The highest BCUT2D eigenvalue weighted by Crippen LogP contribution is 2.54. The molecule has 304 valence electrons. The van der Waals surface area contributed by atoms with Gasteiger partial charge < -0.3 is 59.3 Å². The predicted octanol–water partition coefficient (Wildman–Crippen LogP) is 2.55. The van der Waals surface area contributed by atoms with Gasteiger partial charge in [0.25, 0.3) is 0 Å². The lowest BCUT2D eigenvalue weighted by Crippen LogP contribution is -2.57. The van der Waals surface area contributed by atoms with Crippen molar-refractivity contribution >= 4 is 23.3 Å². The molecule has 2 aromatic rings. The van der Waals surface area contributed by atoms with Gasteiger partial charge in [-0.1, -0.05) is 19.1 Å². The van der Waals surface area contributed by atoms with Crippen LogP contribution < -0.4 is 5.73 Å². The van der Waals surface area contributed by atoms with Gasteiger partial charge in [0.1, 0.15) is 35.7 Å². The molecule has 0 bridgehead atoms. The van der Waals surface area contributed by atoms with Gasteiger partial charge in [-0.3, -0.25) is 19.2 Å². The Labute approximate surface area is 323 Å². The zero-order valence-electron chi connectivity index (χ0n) is 31.8. The standard InChI is InChI=1S/C40H49NO15/c1-6-40(49)15-26(31-20(33(40)39(48)50-5)12-21-32(36(31)47)35(46)30-19(34(21)45)8-7-9-24(30)43)54-28-13-22(41)37(17(3)52-28)56-29-14-25(44)38(18(4)53-29)55-27-11-10-23(42)16(2)51-27/h7-9,12,16-18,22,25-29,33,37-38,43-44,47,49H,6,10-11,13-15,41H2,1-5H3. The molecule has 0 radical (unpaired) electrons. The van der Waals surface area contributed by atoms with E-state index in [0.717, 1.165) is 7.11 Å². The molecule has 56 heavy (non-hydrogen) atoms. The fourth-order valence-electron chi connectivity index (χ4n) is 8.84. The highest BCUT2D eigenvalue weighted by Gasteiger charge is 2.53. The van der Waals surface area contributed by atoms with Gasteiger partial charge in [-0.05, 0) is 44.9 Å². The number of methoxy groups -OCH3 is 1. The Balaban J connectivity index is 1.10. The molecule has 13 atom stereocenters. The number of Topliss-reactive ketones (excluding diaryl/α,β-unsaturated/α-hetero) is 1. The SMILES string of the molecule is CCC1(O)CC(OC2CC(N)C(OC3CC(O)C(OC4CCC(=O)C(C)O4)C(C)O3)C(C)O2)c2c(cc3c(c2O)C(=O)c2c(O)cccc2C3=O)C1C(=O)OC. The number of aliphatic hydroxyl groups is 2. The van der Waals surface area contributed by atoms with Crippen molar-refractivity contribution in [2.24, 2.45) is 5.73 Å². The topological polar surface area (TPSA) is 240 Å². The average Bonchev–Trinajstić information content (AvgIpc) is 3.14. The zero-order valence-corrected chi connectivity index (χ0v) is 31.8. The smallest absolute Gasteiger partial charge is 0.316 e. The van der Waals surface area contributed by atoms with Crippen LogP contribution in [0, 0.1) is 0 Å². The van der Waals surface area contributed by atoms with Crippen LogP contribution in [0.25, 0.3) is 0 Å². The zero-order chi connectivity index (χ0) is 40.4. The number of esters is 1. The van der Waals surface area contributed by atoms with E-state index in [9.17, 15) is 39.6 Å². The van der Waals surface area contributed by atoms with Crippen LogP contribution in [0.2, 0.25) is 0 Å². The summed E-state index contributed by atoms with van der Waals surface area (Å²) in [6, 6.07) is 4.70. The Kier molecular flexibility index (Phi) is 11.2. The van der Waals surface area contributed by atoms with Crippen molar-refractivity contribution in [1.82, 2.24) is 0 Å². The molecule has 2 aliphatic carbocycles. The number of hydrogen-bond donors (Lipinski definition) is 5. The Morgan fingerprint density at radius 3 is 2.23 bits per heavy atom. The average molecular weight is 784 g/mol. The molecule has 5 aliphatic rings. The Hall–Kier alpha value is -3.84. The second-order valence-corrected chi connectivity index (χ2v) is 15.4. The molecule has 6 N–H and O–H groups in total. The van der Waals surface area contributed by atoms with E-state index in [4.69, 9.17) is 38.9 Å². The molecule has 13 unspecified atom stereocenters. The number of aromatic hydroxyl groups is 2. The van der Waals surface area contributed by atoms with Crippen molar-refractivity contribution in [2.45, 2.75) is 145 Å². The van der Waals surface area contributed by atoms with E-state index in [-0.39, 0.29) is 64.8 Å². The molecule has 0 amide bonds. The summed E-state index contributed by atoms with van der Waals surface area (Å²) < 4.78 is 41.8. The van der Waals surface area contributed by atoms with E-state index in [1.54, 1.807) is 27.7 Å². The summed E-state index contributed by atoms with van der Waals surface area (Å²) in [6.07, 6.45) is -7.32. The highest BCUT2D eigenvalue weighted by molar-refractivity contribution is 6.30. The number of aliphatic hydroxyl groups excluding tert-OH is 1. The van der Waals surface area contributed by atoms with E-state index < -0.39 is 108 Å². The summed E-state index contributed by atoms with van der Waals surface area (Å²) in [6.45, 7) is 6.81. The summed E-state index contributed by atoms with van der Waals surface area (Å²) in [5.74, 6) is -4.69. The first-order valence-corrected chi connectivity index (χ1v) is 19.1. The van der Waals surface area contributed by atoms with Gasteiger partial charge in [-0.2, -0.15) is 0 Å². The number of ether oxygens (including phenoxy) is 7. The number of hydrogen-bond acceptors (Lipinski definition) is 16. The monoisotopic (exact) mass is 783 g/mol. The van der Waals surface area contributed by atoms with Crippen LogP contribution in [0.3, 0.4) is 0 Å². The third-order valence-electron chi connectivity index (χ3n) is 11.8. The van der Waals surface area contributed by atoms with Crippen LogP contribution in [-0.2, 0) is 42.7 Å². The molecule has 0 spiro atoms. The van der Waals surface area contributed by atoms with Gasteiger partial charge in [0, 0.05) is 54.8 Å². The van der Waals surface area contributed by atoms with Gasteiger partial charge in [0.15, 0.2) is 30.4 Å². The number of carbonyl (C=O) groups excluding carboxylic acids is 4. The summed E-state index contributed by atoms with van der Waals surface area (Å²) in [7, 11) is 1.16. The van der Waals surface area contributed by atoms with E-state index in [2.05, 4.69) is 0 Å². The second kappa shape index (κ2) is 15.5. The van der Waals surface area contributed by atoms with Crippen LogP contribution in [0.5, 0.6) is 11.5 Å². The van der Waals surface area contributed by atoms with E-state index >= 15 is 0 Å². The van der Waals surface area contributed by atoms with Crippen molar-refractivity contribution in [3.63, 3.8) is 0 Å². The number of carbonyl (C=O) groups is 4. The maximum Gasteiger partial charge on any atom is 0.316 e. The van der Waals surface area contributed by atoms with E-state index in [1.165, 1.54) is 24.3 Å². The van der Waals surface area contributed by atoms with Crippen molar-refractivity contribution in [3.05, 3.63) is 57.6 Å². The van der Waals surface area contributed by atoms with E-state index in [0.29, 0.717) is 12.8 Å². The number of benzene rings is 2. The lowest BCUT2D eigenvalue weighted by atomic mass is 9.67. The molecule has 3 aliphatic heterocycles. The van der Waals surface area contributed by atoms with Crippen molar-refractivity contribution in [2.75, 3.05) is 7.11 Å². The van der Waals surface area contributed by atoms with Gasteiger partial charge in [-0.15, -0.1) is 0 Å². The Morgan fingerprint density at radius 2 is 1.59 bits per heavy atom. The molecule has 16 nitrogen and oxygen atoms in total. The molecule has 0 saturated carbocycles. The number of ketones is 3. The lowest BCUT2D eigenvalue weighted by molar-refractivity contribution is -0.319. The molecular weight excluding hydrogens is 734 g/mol. The fourth-order valence-corrected chi connectivity index (χ4v) is 8.84. The molecule has 7 rings (SSSR count). The van der Waals surface area contributed by atoms with Gasteiger partial charge in [0.05, 0.1) is 48.3 Å². The molecule has 3 fully saturated rings. The summed E-state index contributed by atoms with van der Waals surface area (Å²) in [4.78, 5) is 52.8. The number of phenols is 2. The number of nitrogens with two attached hydrogens (primary N) is 1. The predicted molar refractivity (Wildman–Crippen MR) is 192 cm³/mol. The van der Waals surface area contributed by atoms with Crippen LogP contribution in [0.1, 0.15) is 121 Å². The lowest BCUT2D eigenvalue weighted by Gasteiger charge is -2.46. The fraction of sp³-hybridized carbons (Fsp3) is 0.600. The Morgan fingerprint density at radius 1 is 0.911 bits per heavy atom. The first kappa shape index (κ1) is 40.4. The summed E-state index contributed by atoms with van der Waals surface area (Å²) >= 11 is 0. The summed E-state index contributed by atoms with van der Waals surface area (Å²) in [5, 5.41) is 45.5. The first-order valence-electron chi connectivity index (χ1n) is 19.1. The highest BCUT2D eigenvalue weighted by atomic mass is 16.7. The Bertz CT molecular complexity index is 1880. The number of rotatable bonds is 8. The molecule has 3 heterocycles. The minimum absolute atomic E-state index is 0.00270. The van der Waals surface area contributed by atoms with Crippen molar-refractivity contribution < 1.29 is 72.8 Å². The maximum absolute atomic E-state index is 13.8. The van der Waals surface area contributed by atoms with Gasteiger partial charge in [-0.25, -0.2) is 0 Å². The van der Waals surface area contributed by atoms with Crippen LogP contribution in [0.15, 0.2) is 24.3 Å². The quantitative estimate of drug-likeness (QED) is 0.206. The number of fused-ring (bicyclic) bond motifs is 3.